The van der Waals surface area contributed by atoms with Crippen LogP contribution in [0, 0.1) is 0 Å². The van der Waals surface area contributed by atoms with Gasteiger partial charge in [0.1, 0.15) is 0 Å². The highest BCUT2D eigenvalue weighted by molar-refractivity contribution is 5.82. The monoisotopic (exact) mass is 240 g/mol. The second-order valence-electron chi connectivity index (χ2n) is 5.12. The molecule has 0 aromatic heterocycles. The number of nitrogens with zero attached hydrogens (tertiary/aromatic N) is 1. The van der Waals surface area contributed by atoms with Crippen LogP contribution in [0.1, 0.15) is 58.8 Å². The molecular formula is C14H28N2O. The highest BCUT2D eigenvalue weighted by atomic mass is 16.2. The Labute approximate surface area is 106 Å². The van der Waals surface area contributed by atoms with E-state index >= 15 is 0 Å². The van der Waals surface area contributed by atoms with Gasteiger partial charge in [0, 0.05) is 19.6 Å². The van der Waals surface area contributed by atoms with Gasteiger partial charge in [-0.05, 0) is 13.3 Å². The Morgan fingerprint density at radius 1 is 1.18 bits per heavy atom. The fourth-order valence-corrected chi connectivity index (χ4v) is 2.37. The predicted molar refractivity (Wildman–Crippen MR) is 72.0 cm³/mol. The number of hydrogen-bond donors (Lipinski definition) is 1. The lowest BCUT2D eigenvalue weighted by Gasteiger charge is -2.31. The molecule has 1 unspecified atom stereocenters. The van der Waals surface area contributed by atoms with Gasteiger partial charge in [0.05, 0.1) is 6.04 Å². The van der Waals surface area contributed by atoms with Gasteiger partial charge < -0.3 is 10.2 Å². The van der Waals surface area contributed by atoms with Gasteiger partial charge in [0.2, 0.25) is 5.91 Å². The summed E-state index contributed by atoms with van der Waals surface area (Å²) in [5.74, 6) is 0.280. The third-order valence-electron chi connectivity index (χ3n) is 3.55. The van der Waals surface area contributed by atoms with Gasteiger partial charge in [-0.2, -0.15) is 0 Å². The Morgan fingerprint density at radius 3 is 2.53 bits per heavy atom. The van der Waals surface area contributed by atoms with E-state index in [9.17, 15) is 4.79 Å². The lowest BCUT2D eigenvalue weighted by molar-refractivity contribution is -0.135. The molecule has 1 rings (SSSR count). The zero-order chi connectivity index (χ0) is 12.5. The molecule has 0 saturated carbocycles. The molecule has 0 radical (unpaired) electrons. The normalized spacial score (nSPS) is 20.9. The molecule has 3 nitrogen and oxygen atoms in total. The van der Waals surface area contributed by atoms with Gasteiger partial charge in [0.25, 0.3) is 0 Å². The summed E-state index contributed by atoms with van der Waals surface area (Å²) in [4.78, 5) is 13.8. The average Bonchev–Trinajstić information content (AvgIpc) is 2.33. The van der Waals surface area contributed by atoms with E-state index < -0.39 is 0 Å². The lowest BCUT2D eigenvalue weighted by Crippen LogP contribution is -2.53. The molecule has 3 heteroatoms. The Kier molecular flexibility index (Phi) is 7.25. The number of carbonyl (C=O) groups is 1. The van der Waals surface area contributed by atoms with Crippen molar-refractivity contribution in [3.05, 3.63) is 0 Å². The standard InChI is InChI=1S/C14H28N2O/c1-3-4-5-6-7-8-9-11-16-12-10-15-13(2)14(16)17/h13,15H,3-12H2,1-2H3. The maximum Gasteiger partial charge on any atom is 0.239 e. The number of nitrogens with one attached hydrogen (secondary N) is 1. The first kappa shape index (κ1) is 14.5. The van der Waals surface area contributed by atoms with E-state index in [-0.39, 0.29) is 11.9 Å². The molecule has 1 heterocycles. The summed E-state index contributed by atoms with van der Waals surface area (Å²) in [6.45, 7) is 7.00. The van der Waals surface area contributed by atoms with Gasteiger partial charge in [-0.25, -0.2) is 0 Å². The third kappa shape index (κ3) is 5.53. The summed E-state index contributed by atoms with van der Waals surface area (Å²) < 4.78 is 0. The van der Waals surface area contributed by atoms with Crippen LogP contribution in [-0.2, 0) is 4.79 Å². The fraction of sp³-hybridized carbons (Fsp3) is 0.929. The van der Waals surface area contributed by atoms with Gasteiger partial charge in [-0.15, -0.1) is 0 Å². The average molecular weight is 240 g/mol. The Balaban J connectivity index is 2.00. The van der Waals surface area contributed by atoms with Crippen molar-refractivity contribution in [3.8, 4) is 0 Å². The number of piperazine rings is 1. The first-order valence-electron chi connectivity index (χ1n) is 7.28. The molecule has 100 valence electrons. The molecule has 1 N–H and O–H groups in total. The van der Waals surface area contributed by atoms with Crippen LogP contribution in [0.2, 0.25) is 0 Å². The van der Waals surface area contributed by atoms with E-state index in [1.165, 1.54) is 44.9 Å². The number of rotatable bonds is 8. The van der Waals surface area contributed by atoms with Crippen molar-refractivity contribution in [1.82, 2.24) is 10.2 Å². The van der Waals surface area contributed by atoms with Crippen molar-refractivity contribution in [2.24, 2.45) is 0 Å². The van der Waals surface area contributed by atoms with Crippen molar-refractivity contribution < 1.29 is 4.79 Å². The van der Waals surface area contributed by atoms with E-state index in [0.717, 1.165) is 19.6 Å². The van der Waals surface area contributed by atoms with Crippen LogP contribution in [0.3, 0.4) is 0 Å². The minimum Gasteiger partial charge on any atom is -0.340 e. The van der Waals surface area contributed by atoms with Crippen LogP contribution in [0.5, 0.6) is 0 Å². The van der Waals surface area contributed by atoms with Crippen molar-refractivity contribution in [2.45, 2.75) is 64.8 Å². The summed E-state index contributed by atoms with van der Waals surface area (Å²) in [7, 11) is 0. The first-order valence-corrected chi connectivity index (χ1v) is 7.28. The Hall–Kier alpha value is -0.570. The van der Waals surface area contributed by atoms with Crippen LogP contribution in [-0.4, -0.2) is 36.5 Å². The molecule has 1 fully saturated rings. The number of carbonyl (C=O) groups excluding carboxylic acids is 1. The second kappa shape index (κ2) is 8.51. The van der Waals surface area contributed by atoms with Crippen molar-refractivity contribution in [2.75, 3.05) is 19.6 Å². The zero-order valence-electron chi connectivity index (χ0n) is 11.5. The summed E-state index contributed by atoms with van der Waals surface area (Å²) in [6, 6.07) is 0.0216. The van der Waals surface area contributed by atoms with Gasteiger partial charge >= 0.3 is 0 Å². The van der Waals surface area contributed by atoms with Gasteiger partial charge in [-0.1, -0.05) is 45.4 Å². The molecule has 1 aliphatic rings. The van der Waals surface area contributed by atoms with E-state index in [1.807, 2.05) is 11.8 Å². The maximum atomic E-state index is 11.8. The third-order valence-corrected chi connectivity index (χ3v) is 3.55. The smallest absolute Gasteiger partial charge is 0.239 e. The van der Waals surface area contributed by atoms with E-state index in [0.29, 0.717) is 0 Å². The topological polar surface area (TPSA) is 32.3 Å². The van der Waals surface area contributed by atoms with Gasteiger partial charge in [-0.3, -0.25) is 4.79 Å². The molecule has 0 spiro atoms. The SMILES string of the molecule is CCCCCCCCCN1CCNC(C)C1=O. The van der Waals surface area contributed by atoms with Crippen LogP contribution < -0.4 is 5.32 Å². The summed E-state index contributed by atoms with van der Waals surface area (Å²) >= 11 is 0. The molecule has 17 heavy (non-hydrogen) atoms. The lowest BCUT2D eigenvalue weighted by atomic mass is 10.1. The molecule has 1 amide bonds. The van der Waals surface area contributed by atoms with Crippen molar-refractivity contribution in [3.63, 3.8) is 0 Å². The minimum absolute atomic E-state index is 0.0216. The van der Waals surface area contributed by atoms with E-state index in [4.69, 9.17) is 0 Å². The van der Waals surface area contributed by atoms with Crippen LogP contribution in [0.25, 0.3) is 0 Å². The molecule has 0 aromatic rings. The van der Waals surface area contributed by atoms with Crippen LogP contribution in [0.15, 0.2) is 0 Å². The summed E-state index contributed by atoms with van der Waals surface area (Å²) in [5, 5.41) is 3.20. The molecule has 1 aliphatic heterocycles. The van der Waals surface area contributed by atoms with Crippen LogP contribution >= 0.6 is 0 Å². The first-order chi connectivity index (χ1) is 8.25. The Morgan fingerprint density at radius 2 is 1.82 bits per heavy atom. The molecule has 0 aromatic carbocycles. The van der Waals surface area contributed by atoms with E-state index in [1.54, 1.807) is 0 Å². The van der Waals surface area contributed by atoms with Gasteiger partial charge in [0.15, 0.2) is 0 Å². The predicted octanol–water partition coefficient (Wildman–Crippen LogP) is 2.56. The summed E-state index contributed by atoms with van der Waals surface area (Å²) in [6.07, 6.45) is 9.19. The number of hydrogen-bond acceptors (Lipinski definition) is 2. The molecule has 1 saturated heterocycles. The Bertz CT molecular complexity index is 218. The highest BCUT2D eigenvalue weighted by Gasteiger charge is 2.23. The highest BCUT2D eigenvalue weighted by Crippen LogP contribution is 2.09. The maximum absolute atomic E-state index is 11.8. The van der Waals surface area contributed by atoms with Crippen molar-refractivity contribution in [1.29, 1.82) is 0 Å². The van der Waals surface area contributed by atoms with Crippen molar-refractivity contribution >= 4 is 5.91 Å². The molecule has 1 atom stereocenters. The largest absolute Gasteiger partial charge is 0.340 e. The second-order valence-corrected chi connectivity index (χ2v) is 5.12. The molecule has 0 aliphatic carbocycles. The zero-order valence-corrected chi connectivity index (χ0v) is 11.5. The molecular weight excluding hydrogens is 212 g/mol. The summed E-state index contributed by atoms with van der Waals surface area (Å²) in [5.41, 5.74) is 0. The quantitative estimate of drug-likeness (QED) is 0.661. The van der Waals surface area contributed by atoms with Crippen LogP contribution in [0.4, 0.5) is 0 Å². The fourth-order valence-electron chi connectivity index (χ4n) is 2.37. The number of amides is 1. The number of unbranched alkanes of at least 4 members (excludes halogenated alkanes) is 6. The minimum atomic E-state index is 0.0216. The molecule has 0 bridgehead atoms. The van der Waals surface area contributed by atoms with E-state index in [2.05, 4.69) is 12.2 Å².